The first-order valence-corrected chi connectivity index (χ1v) is 17.2. The minimum atomic E-state index is -0.367. The van der Waals surface area contributed by atoms with Crippen molar-refractivity contribution in [1.29, 1.82) is 5.26 Å². The fourth-order valence-electron chi connectivity index (χ4n) is 5.91. The number of nitriles is 1. The quantitative estimate of drug-likeness (QED) is 0.0712. The van der Waals surface area contributed by atoms with Gasteiger partial charge in [-0.1, -0.05) is 12.1 Å². The molecule has 2 saturated heterocycles. The fourth-order valence-corrected chi connectivity index (χ4v) is 5.91. The van der Waals surface area contributed by atoms with Crippen LogP contribution in [-0.4, -0.2) is 139 Å². The highest BCUT2D eigenvalue weighted by atomic mass is 19.1. The van der Waals surface area contributed by atoms with Gasteiger partial charge in [0.1, 0.15) is 17.5 Å². The van der Waals surface area contributed by atoms with Crippen LogP contribution in [0.1, 0.15) is 37.7 Å². The summed E-state index contributed by atoms with van der Waals surface area (Å²) in [6, 6.07) is 7.87. The standard InChI is InChI=1S/C35H52FN5O8/c36-32-6-4-29(5-7-32)25-31(26-37)35(44)41-12-2-1-3-33(41)30-8-13-40(14-9-30)27-34(43)39-11-16-46-18-20-48-22-24-49-23-21-47-19-17-45-15-10-38-28-42/h4-7,25,28,30,33H,1-3,8-24,27H2,(H,38,42)(H,39,43)/b31-25+. The lowest BCUT2D eigenvalue weighted by Gasteiger charge is -2.43. The first-order valence-electron chi connectivity index (χ1n) is 17.2. The minimum absolute atomic E-state index is 0.0436. The van der Waals surface area contributed by atoms with Crippen molar-refractivity contribution >= 4 is 24.3 Å². The molecule has 272 valence electrons. The molecule has 0 aliphatic carbocycles. The molecule has 1 aromatic rings. The lowest BCUT2D eigenvalue weighted by Crippen LogP contribution is -2.51. The predicted octanol–water partition coefficient (Wildman–Crippen LogP) is 1.77. The number of ether oxygens (including phenoxy) is 5. The molecule has 2 aliphatic rings. The minimum Gasteiger partial charge on any atom is -0.377 e. The number of piperidine rings is 2. The van der Waals surface area contributed by atoms with Crippen LogP contribution < -0.4 is 10.6 Å². The summed E-state index contributed by atoms with van der Waals surface area (Å²) in [6.45, 7) is 7.88. The molecule has 14 heteroatoms. The van der Waals surface area contributed by atoms with E-state index in [4.69, 9.17) is 23.7 Å². The maximum atomic E-state index is 13.4. The average Bonchev–Trinajstić information content (AvgIpc) is 3.12. The second-order valence-electron chi connectivity index (χ2n) is 11.9. The van der Waals surface area contributed by atoms with Crippen LogP contribution in [0.25, 0.3) is 6.08 Å². The van der Waals surface area contributed by atoms with Crippen LogP contribution in [-0.2, 0) is 38.1 Å². The summed E-state index contributed by atoms with van der Waals surface area (Å²) in [5, 5.41) is 15.2. The van der Waals surface area contributed by atoms with Gasteiger partial charge in [0, 0.05) is 25.7 Å². The number of halogens is 1. The van der Waals surface area contributed by atoms with Crippen molar-refractivity contribution in [3.8, 4) is 6.07 Å². The first-order chi connectivity index (χ1) is 24.0. The molecule has 1 unspecified atom stereocenters. The Hall–Kier alpha value is -3.45. The number of carbonyl (C=O) groups is 3. The van der Waals surface area contributed by atoms with Gasteiger partial charge < -0.3 is 39.2 Å². The third-order valence-corrected chi connectivity index (χ3v) is 8.42. The van der Waals surface area contributed by atoms with Crippen LogP contribution in [0.3, 0.4) is 0 Å². The van der Waals surface area contributed by atoms with Gasteiger partial charge in [-0.3, -0.25) is 19.3 Å². The van der Waals surface area contributed by atoms with Gasteiger partial charge in [0.05, 0.1) is 72.6 Å². The van der Waals surface area contributed by atoms with Crippen molar-refractivity contribution in [3.05, 3.63) is 41.2 Å². The highest BCUT2D eigenvalue weighted by Gasteiger charge is 2.36. The Morgan fingerprint density at radius 3 is 1.96 bits per heavy atom. The molecule has 0 radical (unpaired) electrons. The Bertz CT molecular complexity index is 1170. The molecule has 2 N–H and O–H groups in total. The summed E-state index contributed by atoms with van der Waals surface area (Å²) in [4.78, 5) is 40.1. The molecule has 0 aromatic heterocycles. The van der Waals surface area contributed by atoms with Gasteiger partial charge in [-0.15, -0.1) is 0 Å². The monoisotopic (exact) mass is 689 g/mol. The molecule has 3 rings (SSSR count). The normalized spacial score (nSPS) is 17.4. The van der Waals surface area contributed by atoms with E-state index in [2.05, 4.69) is 21.6 Å². The molecule has 0 saturated carbocycles. The Balaban J connectivity index is 1.19. The summed E-state index contributed by atoms with van der Waals surface area (Å²) >= 11 is 0. The first kappa shape index (κ1) is 40.0. The predicted molar refractivity (Wildman–Crippen MR) is 180 cm³/mol. The lowest BCUT2D eigenvalue weighted by molar-refractivity contribution is -0.132. The molecule has 1 aromatic carbocycles. The Morgan fingerprint density at radius 2 is 1.39 bits per heavy atom. The second-order valence-corrected chi connectivity index (χ2v) is 11.9. The molecular formula is C35H52FN5O8. The molecule has 3 amide bonds. The van der Waals surface area contributed by atoms with E-state index in [1.165, 1.54) is 18.2 Å². The van der Waals surface area contributed by atoms with Crippen LogP contribution in [0.4, 0.5) is 4.39 Å². The van der Waals surface area contributed by atoms with E-state index in [0.29, 0.717) is 110 Å². The summed E-state index contributed by atoms with van der Waals surface area (Å²) in [5.74, 6) is -0.364. The van der Waals surface area contributed by atoms with Gasteiger partial charge in [-0.05, 0) is 74.9 Å². The number of likely N-dealkylation sites (tertiary alicyclic amines) is 2. The number of benzene rings is 1. The van der Waals surface area contributed by atoms with Crippen molar-refractivity contribution in [2.75, 3.05) is 105 Å². The third kappa shape index (κ3) is 16.2. The lowest BCUT2D eigenvalue weighted by atomic mass is 9.83. The van der Waals surface area contributed by atoms with Crippen LogP contribution in [0.2, 0.25) is 0 Å². The third-order valence-electron chi connectivity index (χ3n) is 8.42. The van der Waals surface area contributed by atoms with Crippen molar-refractivity contribution in [2.24, 2.45) is 5.92 Å². The van der Waals surface area contributed by atoms with Crippen molar-refractivity contribution < 1.29 is 42.5 Å². The van der Waals surface area contributed by atoms with E-state index in [0.717, 1.165) is 45.2 Å². The zero-order valence-corrected chi connectivity index (χ0v) is 28.5. The van der Waals surface area contributed by atoms with Gasteiger partial charge in [0.25, 0.3) is 5.91 Å². The topological polar surface area (TPSA) is 152 Å². The van der Waals surface area contributed by atoms with E-state index in [1.807, 2.05) is 4.90 Å². The van der Waals surface area contributed by atoms with Crippen LogP contribution in [0.15, 0.2) is 29.8 Å². The maximum Gasteiger partial charge on any atom is 0.264 e. The van der Waals surface area contributed by atoms with Crippen molar-refractivity contribution in [1.82, 2.24) is 20.4 Å². The number of nitrogens with zero attached hydrogens (tertiary/aromatic N) is 3. The highest BCUT2D eigenvalue weighted by Crippen LogP contribution is 2.31. The molecule has 2 aliphatic heterocycles. The number of carbonyl (C=O) groups excluding carboxylic acids is 3. The maximum absolute atomic E-state index is 13.4. The van der Waals surface area contributed by atoms with Gasteiger partial charge in [-0.25, -0.2) is 4.39 Å². The number of hydrogen-bond donors (Lipinski definition) is 2. The smallest absolute Gasteiger partial charge is 0.264 e. The second kappa shape index (κ2) is 24.6. The summed E-state index contributed by atoms with van der Waals surface area (Å²) in [7, 11) is 0. The Kier molecular flexibility index (Phi) is 20.1. The van der Waals surface area contributed by atoms with Gasteiger partial charge in [-0.2, -0.15) is 5.26 Å². The molecule has 0 spiro atoms. The zero-order chi connectivity index (χ0) is 34.9. The molecule has 1 atom stereocenters. The van der Waals surface area contributed by atoms with Gasteiger partial charge in [0.2, 0.25) is 12.3 Å². The average molecular weight is 690 g/mol. The van der Waals surface area contributed by atoms with Crippen molar-refractivity contribution in [2.45, 2.75) is 38.1 Å². The number of rotatable bonds is 24. The molecule has 13 nitrogen and oxygen atoms in total. The van der Waals surface area contributed by atoms with Gasteiger partial charge in [0.15, 0.2) is 0 Å². The highest BCUT2D eigenvalue weighted by molar-refractivity contribution is 6.01. The van der Waals surface area contributed by atoms with E-state index in [-0.39, 0.29) is 29.2 Å². The SMILES string of the molecule is N#C/C(=C\c1ccc(F)cc1)C(=O)N1CCCCC1C1CCN(CC(=O)NCCOCCOCCOCCOCCOCCNC=O)CC1. The fraction of sp³-hybridized carbons (Fsp3) is 0.657. The Labute approximate surface area is 289 Å². The van der Waals surface area contributed by atoms with Gasteiger partial charge >= 0.3 is 0 Å². The number of amides is 3. The molecular weight excluding hydrogens is 637 g/mol. The summed E-state index contributed by atoms with van der Waals surface area (Å²) < 4.78 is 40.4. The molecule has 2 fully saturated rings. The van der Waals surface area contributed by atoms with Crippen LogP contribution in [0, 0.1) is 23.1 Å². The molecule has 0 bridgehead atoms. The van der Waals surface area contributed by atoms with E-state index in [9.17, 15) is 24.0 Å². The largest absolute Gasteiger partial charge is 0.377 e. The summed E-state index contributed by atoms with van der Waals surface area (Å²) in [5.41, 5.74) is 0.679. The molecule has 49 heavy (non-hydrogen) atoms. The van der Waals surface area contributed by atoms with Crippen LogP contribution >= 0.6 is 0 Å². The van der Waals surface area contributed by atoms with Crippen LogP contribution in [0.5, 0.6) is 0 Å². The van der Waals surface area contributed by atoms with Crippen molar-refractivity contribution in [3.63, 3.8) is 0 Å². The Morgan fingerprint density at radius 1 is 0.816 bits per heavy atom. The van der Waals surface area contributed by atoms with E-state index < -0.39 is 0 Å². The molecule has 2 heterocycles. The summed E-state index contributed by atoms with van der Waals surface area (Å²) in [6.07, 6.45) is 6.78. The van der Waals surface area contributed by atoms with E-state index >= 15 is 0 Å². The number of hydrogen-bond acceptors (Lipinski definition) is 10. The zero-order valence-electron chi connectivity index (χ0n) is 28.5. The van der Waals surface area contributed by atoms with E-state index in [1.54, 1.807) is 12.1 Å². The number of nitrogens with one attached hydrogen (secondary N) is 2.